The summed E-state index contributed by atoms with van der Waals surface area (Å²) in [5, 5.41) is 9.18. The van der Waals surface area contributed by atoms with Gasteiger partial charge in [0.05, 0.1) is 0 Å². The number of carboxylic acids is 1. The first kappa shape index (κ1) is 13.0. The van der Waals surface area contributed by atoms with Crippen molar-refractivity contribution < 1.29 is 9.90 Å². The van der Waals surface area contributed by atoms with Gasteiger partial charge in [-0.3, -0.25) is 0 Å². The summed E-state index contributed by atoms with van der Waals surface area (Å²) in [4.78, 5) is 15.2. The summed E-state index contributed by atoms with van der Waals surface area (Å²) in [6, 6.07) is 9.77. The van der Waals surface area contributed by atoms with Gasteiger partial charge in [-0.2, -0.15) is 0 Å². The minimum atomic E-state index is -1.00. The summed E-state index contributed by atoms with van der Waals surface area (Å²) in [6.07, 6.45) is 5.31. The first-order valence-electron chi connectivity index (χ1n) is 6.02. The molecule has 0 aliphatic carbocycles. The second-order valence-electron chi connectivity index (χ2n) is 4.38. The third-order valence-electron chi connectivity index (χ3n) is 3.08. The molecule has 19 heavy (non-hydrogen) atoms. The number of rotatable bonds is 3. The van der Waals surface area contributed by atoms with E-state index in [4.69, 9.17) is 0 Å². The summed E-state index contributed by atoms with van der Waals surface area (Å²) in [5.74, 6) is -1.00. The van der Waals surface area contributed by atoms with Crippen LogP contribution in [0.15, 0.2) is 36.5 Å². The van der Waals surface area contributed by atoms with Crippen molar-refractivity contribution in [2.75, 3.05) is 0 Å². The molecule has 1 aromatic heterocycles. The second kappa shape index (κ2) is 5.48. The van der Waals surface area contributed by atoms with E-state index in [0.717, 1.165) is 16.7 Å². The Hall–Kier alpha value is -2.42. The van der Waals surface area contributed by atoms with Crippen LogP contribution in [0.5, 0.6) is 0 Å². The topological polar surface area (TPSA) is 50.2 Å². The van der Waals surface area contributed by atoms with E-state index in [2.05, 4.69) is 4.98 Å². The predicted octanol–water partition coefficient (Wildman–Crippen LogP) is 3.57. The van der Waals surface area contributed by atoms with E-state index in [1.807, 2.05) is 56.3 Å². The lowest BCUT2D eigenvalue weighted by Crippen LogP contribution is -2.05. The van der Waals surface area contributed by atoms with E-state index in [0.29, 0.717) is 5.56 Å². The minimum absolute atomic E-state index is 0.0929. The zero-order valence-corrected chi connectivity index (χ0v) is 10.9. The van der Waals surface area contributed by atoms with Crippen molar-refractivity contribution in [1.29, 1.82) is 0 Å². The van der Waals surface area contributed by atoms with Crippen LogP contribution in [0.3, 0.4) is 0 Å². The van der Waals surface area contributed by atoms with Crippen molar-refractivity contribution in [3.8, 4) is 0 Å². The van der Waals surface area contributed by atoms with Gasteiger partial charge in [0.1, 0.15) is 0 Å². The molecule has 2 rings (SSSR count). The van der Waals surface area contributed by atoms with Crippen molar-refractivity contribution in [3.05, 3.63) is 64.5 Å². The lowest BCUT2D eigenvalue weighted by Gasteiger charge is -2.07. The maximum absolute atomic E-state index is 11.2. The Bertz CT molecular complexity index is 631. The van der Waals surface area contributed by atoms with Crippen LogP contribution in [0.2, 0.25) is 0 Å². The first-order valence-corrected chi connectivity index (χ1v) is 6.02. The molecular weight excluding hydrogens is 238 g/mol. The quantitative estimate of drug-likeness (QED) is 0.909. The van der Waals surface area contributed by atoms with Gasteiger partial charge in [0.25, 0.3) is 0 Å². The second-order valence-corrected chi connectivity index (χ2v) is 4.38. The number of hydrogen-bond acceptors (Lipinski definition) is 2. The number of benzene rings is 1. The Labute approximate surface area is 112 Å². The van der Waals surface area contributed by atoms with Gasteiger partial charge in [0.15, 0.2) is 5.69 Å². The van der Waals surface area contributed by atoms with Crippen molar-refractivity contribution in [3.63, 3.8) is 0 Å². The fraction of sp³-hybridized carbons (Fsp3) is 0.125. The molecule has 0 spiro atoms. The van der Waals surface area contributed by atoms with Gasteiger partial charge in [0.2, 0.25) is 0 Å². The average Bonchev–Trinajstić information content (AvgIpc) is 2.41. The molecule has 0 unspecified atom stereocenters. The number of hydrogen-bond donors (Lipinski definition) is 1. The largest absolute Gasteiger partial charge is 0.476 e. The Balaban J connectivity index is 2.47. The molecular formula is C16H15NO2. The van der Waals surface area contributed by atoms with Crippen LogP contribution < -0.4 is 0 Å². The Morgan fingerprint density at radius 1 is 1.16 bits per heavy atom. The molecule has 0 bridgehead atoms. The van der Waals surface area contributed by atoms with E-state index in [1.54, 1.807) is 6.20 Å². The third-order valence-corrected chi connectivity index (χ3v) is 3.08. The summed E-state index contributed by atoms with van der Waals surface area (Å²) in [5.41, 5.74) is 3.71. The molecule has 1 heterocycles. The molecule has 0 aliphatic heterocycles. The first-order chi connectivity index (χ1) is 9.09. The van der Waals surface area contributed by atoms with Gasteiger partial charge < -0.3 is 5.11 Å². The van der Waals surface area contributed by atoms with Crippen molar-refractivity contribution in [2.45, 2.75) is 13.8 Å². The molecule has 96 valence electrons. The molecule has 0 saturated carbocycles. The fourth-order valence-corrected chi connectivity index (χ4v) is 1.84. The number of aromatic nitrogens is 1. The normalized spacial score (nSPS) is 10.8. The van der Waals surface area contributed by atoms with Gasteiger partial charge in [-0.05, 0) is 30.5 Å². The van der Waals surface area contributed by atoms with Crippen molar-refractivity contribution in [1.82, 2.24) is 4.98 Å². The molecule has 1 N–H and O–H groups in total. The van der Waals surface area contributed by atoms with E-state index >= 15 is 0 Å². The maximum atomic E-state index is 11.2. The number of aryl methyl sites for hydroxylation is 1. The molecule has 0 radical (unpaired) electrons. The van der Waals surface area contributed by atoms with Crippen molar-refractivity contribution >= 4 is 18.1 Å². The molecule has 3 heteroatoms. The number of aromatic carboxylic acids is 1. The molecule has 1 aromatic carbocycles. The van der Waals surface area contributed by atoms with Crippen LogP contribution in [0.4, 0.5) is 0 Å². The maximum Gasteiger partial charge on any atom is 0.355 e. The van der Waals surface area contributed by atoms with E-state index in [-0.39, 0.29) is 5.69 Å². The summed E-state index contributed by atoms with van der Waals surface area (Å²) < 4.78 is 0. The van der Waals surface area contributed by atoms with E-state index in [9.17, 15) is 9.90 Å². The van der Waals surface area contributed by atoms with Gasteiger partial charge in [-0.15, -0.1) is 0 Å². The predicted molar refractivity (Wildman–Crippen MR) is 76.0 cm³/mol. The highest BCUT2D eigenvalue weighted by Crippen LogP contribution is 2.19. The number of pyridine rings is 1. The number of nitrogens with zero attached hydrogens (tertiary/aromatic N) is 1. The highest BCUT2D eigenvalue weighted by molar-refractivity contribution is 5.92. The van der Waals surface area contributed by atoms with Gasteiger partial charge in [-0.25, -0.2) is 9.78 Å². The highest BCUT2D eigenvalue weighted by atomic mass is 16.4. The highest BCUT2D eigenvalue weighted by Gasteiger charge is 2.13. The Kier molecular flexibility index (Phi) is 3.76. The molecule has 0 fully saturated rings. The molecule has 0 aliphatic rings. The lowest BCUT2D eigenvalue weighted by atomic mass is 10.0. The minimum Gasteiger partial charge on any atom is -0.476 e. The third kappa shape index (κ3) is 2.88. The molecule has 3 nitrogen and oxygen atoms in total. The fourth-order valence-electron chi connectivity index (χ4n) is 1.84. The molecule has 0 saturated heterocycles. The van der Waals surface area contributed by atoms with E-state index < -0.39 is 5.97 Å². The van der Waals surface area contributed by atoms with E-state index in [1.165, 1.54) is 0 Å². The lowest BCUT2D eigenvalue weighted by molar-refractivity contribution is 0.0690. The smallest absolute Gasteiger partial charge is 0.355 e. The van der Waals surface area contributed by atoms with Crippen LogP contribution in [0.1, 0.15) is 32.7 Å². The monoisotopic (exact) mass is 253 g/mol. The Morgan fingerprint density at radius 3 is 2.47 bits per heavy atom. The van der Waals surface area contributed by atoms with Gasteiger partial charge >= 0.3 is 5.97 Å². The Morgan fingerprint density at radius 2 is 1.84 bits per heavy atom. The standard InChI is InChI=1S/C16H15NO2/c1-11-10-17-15(16(18)19)14(12(11)2)9-8-13-6-4-3-5-7-13/h3-10H,1-2H3,(H,18,19). The van der Waals surface area contributed by atoms with Crippen LogP contribution >= 0.6 is 0 Å². The molecule has 0 atom stereocenters. The summed E-state index contributed by atoms with van der Waals surface area (Å²) >= 11 is 0. The number of carboxylic acid groups (broad SMARTS) is 1. The molecule has 2 aromatic rings. The van der Waals surface area contributed by atoms with Crippen molar-refractivity contribution in [2.24, 2.45) is 0 Å². The number of carbonyl (C=O) groups is 1. The summed E-state index contributed by atoms with van der Waals surface area (Å²) in [7, 11) is 0. The summed E-state index contributed by atoms with van der Waals surface area (Å²) in [6.45, 7) is 3.84. The molecule has 0 amide bonds. The zero-order chi connectivity index (χ0) is 13.8. The van der Waals surface area contributed by atoms with Gasteiger partial charge in [0, 0.05) is 11.8 Å². The van der Waals surface area contributed by atoms with Crippen LogP contribution in [0.25, 0.3) is 12.2 Å². The average molecular weight is 253 g/mol. The van der Waals surface area contributed by atoms with Gasteiger partial charge in [-0.1, -0.05) is 42.5 Å². The SMILES string of the molecule is Cc1cnc(C(=O)O)c(C=Cc2ccccc2)c1C. The van der Waals surface area contributed by atoms with Crippen LogP contribution in [-0.2, 0) is 0 Å². The van der Waals surface area contributed by atoms with Crippen LogP contribution in [0, 0.1) is 13.8 Å². The zero-order valence-electron chi connectivity index (χ0n) is 10.9. The van der Waals surface area contributed by atoms with Crippen LogP contribution in [-0.4, -0.2) is 16.1 Å².